The van der Waals surface area contributed by atoms with Crippen molar-refractivity contribution in [3.63, 3.8) is 0 Å². The molecule has 0 spiro atoms. The molecule has 76 valence electrons. The van der Waals surface area contributed by atoms with E-state index in [0.29, 0.717) is 11.8 Å². The smallest absolute Gasteiger partial charge is 0.197 e. The highest BCUT2D eigenvalue weighted by Crippen LogP contribution is 2.41. The lowest BCUT2D eigenvalue weighted by Crippen LogP contribution is -2.21. The predicted octanol–water partition coefficient (Wildman–Crippen LogP) is 1.62. The maximum atomic E-state index is 5.80. The average molecular weight is 192 g/mol. The minimum atomic E-state index is 0.613. The number of hydrogen-bond donors (Lipinski definition) is 1. The van der Waals surface area contributed by atoms with Crippen LogP contribution in [0, 0.1) is 5.92 Å². The molecule has 2 N–H and O–H groups in total. The number of hydrogen-bond acceptors (Lipinski definition) is 3. The van der Waals surface area contributed by atoms with Gasteiger partial charge in [-0.3, -0.25) is 0 Å². The Kier molecular flexibility index (Phi) is 1.87. The zero-order chi connectivity index (χ0) is 9.54. The van der Waals surface area contributed by atoms with Crippen molar-refractivity contribution in [2.24, 2.45) is 11.7 Å². The molecule has 14 heavy (non-hydrogen) atoms. The molecule has 0 aliphatic heterocycles. The Labute approximate surface area is 83.7 Å². The van der Waals surface area contributed by atoms with E-state index in [0.717, 1.165) is 31.0 Å². The fourth-order valence-electron chi connectivity index (χ4n) is 2.17. The van der Waals surface area contributed by atoms with Crippen LogP contribution in [0.2, 0.25) is 0 Å². The van der Waals surface area contributed by atoms with Gasteiger partial charge in [-0.25, -0.2) is 4.98 Å². The van der Waals surface area contributed by atoms with Gasteiger partial charge in [0.25, 0.3) is 0 Å². The molecule has 1 unspecified atom stereocenters. The van der Waals surface area contributed by atoms with Crippen LogP contribution in [0.3, 0.4) is 0 Å². The largest absolute Gasteiger partial charge is 0.445 e. The van der Waals surface area contributed by atoms with Gasteiger partial charge < -0.3 is 10.2 Å². The maximum Gasteiger partial charge on any atom is 0.197 e. The monoisotopic (exact) mass is 192 g/mol. The molecule has 1 aromatic rings. The van der Waals surface area contributed by atoms with Crippen LogP contribution in [0.4, 0.5) is 0 Å². The second-order valence-corrected chi connectivity index (χ2v) is 4.54. The molecule has 1 saturated carbocycles. The molecule has 3 nitrogen and oxygen atoms in total. The van der Waals surface area contributed by atoms with Gasteiger partial charge in [-0.15, -0.1) is 0 Å². The Bertz CT molecular complexity index is 341. The summed E-state index contributed by atoms with van der Waals surface area (Å²) >= 11 is 0. The van der Waals surface area contributed by atoms with Crippen LogP contribution < -0.4 is 5.73 Å². The summed E-state index contributed by atoms with van der Waals surface area (Å²) in [7, 11) is 0. The molecule has 1 heterocycles. The second kappa shape index (κ2) is 3.09. The van der Waals surface area contributed by atoms with Crippen molar-refractivity contribution in [1.29, 1.82) is 0 Å². The zero-order valence-electron chi connectivity index (χ0n) is 8.33. The molecule has 2 aliphatic rings. The van der Waals surface area contributed by atoms with Gasteiger partial charge >= 0.3 is 0 Å². The van der Waals surface area contributed by atoms with Crippen molar-refractivity contribution in [3.8, 4) is 0 Å². The van der Waals surface area contributed by atoms with Crippen molar-refractivity contribution in [1.82, 2.24) is 4.98 Å². The summed E-state index contributed by atoms with van der Waals surface area (Å²) in [5, 5.41) is 0. The average Bonchev–Trinajstić information content (AvgIpc) is 2.97. The third-order valence-corrected chi connectivity index (χ3v) is 3.32. The topological polar surface area (TPSA) is 52.0 Å². The normalized spacial score (nSPS) is 26.2. The van der Waals surface area contributed by atoms with Gasteiger partial charge in [-0.1, -0.05) is 0 Å². The molecule has 0 radical (unpaired) electrons. The molecule has 0 aromatic carbocycles. The summed E-state index contributed by atoms with van der Waals surface area (Å²) in [5.41, 5.74) is 6.88. The lowest BCUT2D eigenvalue weighted by molar-refractivity contribution is 0.383. The van der Waals surface area contributed by atoms with Gasteiger partial charge in [0.1, 0.15) is 5.76 Å². The SMILES string of the molecule is NCC1CCc2nc(C3CC3)oc2C1. The van der Waals surface area contributed by atoms with Gasteiger partial charge in [0.15, 0.2) is 5.89 Å². The van der Waals surface area contributed by atoms with E-state index >= 15 is 0 Å². The third-order valence-electron chi connectivity index (χ3n) is 3.32. The number of oxazole rings is 1. The molecule has 1 atom stereocenters. The van der Waals surface area contributed by atoms with Crippen molar-refractivity contribution in [2.45, 2.75) is 38.0 Å². The molecular formula is C11H16N2O. The highest BCUT2D eigenvalue weighted by atomic mass is 16.4. The van der Waals surface area contributed by atoms with Crippen LogP contribution in [-0.4, -0.2) is 11.5 Å². The Balaban J connectivity index is 1.85. The van der Waals surface area contributed by atoms with E-state index in [-0.39, 0.29) is 0 Å². The van der Waals surface area contributed by atoms with E-state index in [4.69, 9.17) is 10.2 Å². The van der Waals surface area contributed by atoms with Crippen molar-refractivity contribution in [2.75, 3.05) is 6.54 Å². The first-order valence-corrected chi connectivity index (χ1v) is 5.55. The molecule has 0 amide bonds. The standard InChI is InChI=1S/C11H16N2O/c12-6-7-1-4-9-10(5-7)14-11(13-9)8-2-3-8/h7-8H,1-6,12H2. The number of nitrogens with zero attached hydrogens (tertiary/aromatic N) is 1. The fourth-order valence-corrected chi connectivity index (χ4v) is 2.17. The number of aromatic nitrogens is 1. The minimum Gasteiger partial charge on any atom is -0.445 e. The number of aryl methyl sites for hydroxylation is 1. The molecular weight excluding hydrogens is 176 g/mol. The minimum absolute atomic E-state index is 0.613. The summed E-state index contributed by atoms with van der Waals surface area (Å²) in [6.07, 6.45) is 5.78. The molecule has 1 aromatic heterocycles. The first kappa shape index (κ1) is 8.48. The van der Waals surface area contributed by atoms with Crippen molar-refractivity contribution >= 4 is 0 Å². The van der Waals surface area contributed by atoms with Crippen LogP contribution >= 0.6 is 0 Å². The Morgan fingerprint density at radius 2 is 2.21 bits per heavy atom. The first-order chi connectivity index (χ1) is 6.86. The van der Waals surface area contributed by atoms with Gasteiger partial charge in [0, 0.05) is 12.3 Å². The summed E-state index contributed by atoms with van der Waals surface area (Å²) in [4.78, 5) is 4.57. The van der Waals surface area contributed by atoms with Crippen molar-refractivity contribution in [3.05, 3.63) is 17.3 Å². The molecule has 3 heteroatoms. The summed E-state index contributed by atoms with van der Waals surface area (Å²) < 4.78 is 5.80. The maximum absolute atomic E-state index is 5.80. The predicted molar refractivity (Wildman–Crippen MR) is 53.0 cm³/mol. The van der Waals surface area contributed by atoms with Crippen LogP contribution in [0.25, 0.3) is 0 Å². The van der Waals surface area contributed by atoms with Crippen LogP contribution in [0.15, 0.2) is 4.42 Å². The number of nitrogens with two attached hydrogens (primary N) is 1. The highest BCUT2D eigenvalue weighted by Gasteiger charge is 2.31. The van der Waals surface area contributed by atoms with Gasteiger partial charge in [-0.05, 0) is 38.1 Å². The number of fused-ring (bicyclic) bond motifs is 1. The van der Waals surface area contributed by atoms with Crippen LogP contribution in [-0.2, 0) is 12.8 Å². The van der Waals surface area contributed by atoms with E-state index in [1.807, 2.05) is 0 Å². The first-order valence-electron chi connectivity index (χ1n) is 5.55. The van der Waals surface area contributed by atoms with Crippen LogP contribution in [0.5, 0.6) is 0 Å². The van der Waals surface area contributed by atoms with Gasteiger partial charge in [0.2, 0.25) is 0 Å². The Hall–Kier alpha value is -0.830. The quantitative estimate of drug-likeness (QED) is 0.774. The lowest BCUT2D eigenvalue weighted by atomic mass is 9.91. The van der Waals surface area contributed by atoms with Crippen molar-refractivity contribution < 1.29 is 4.42 Å². The van der Waals surface area contributed by atoms with E-state index in [9.17, 15) is 0 Å². The van der Waals surface area contributed by atoms with E-state index in [1.165, 1.54) is 25.0 Å². The molecule has 0 bridgehead atoms. The summed E-state index contributed by atoms with van der Waals surface area (Å²) in [5.74, 6) is 3.36. The van der Waals surface area contributed by atoms with E-state index in [2.05, 4.69) is 4.98 Å². The number of rotatable bonds is 2. The third kappa shape index (κ3) is 1.36. The van der Waals surface area contributed by atoms with Gasteiger partial charge in [-0.2, -0.15) is 0 Å². The molecule has 1 fully saturated rings. The molecule has 2 aliphatic carbocycles. The second-order valence-electron chi connectivity index (χ2n) is 4.54. The lowest BCUT2D eigenvalue weighted by Gasteiger charge is -2.17. The fraction of sp³-hybridized carbons (Fsp3) is 0.727. The summed E-state index contributed by atoms with van der Waals surface area (Å²) in [6, 6.07) is 0. The summed E-state index contributed by atoms with van der Waals surface area (Å²) in [6.45, 7) is 0.777. The Morgan fingerprint density at radius 1 is 1.36 bits per heavy atom. The highest BCUT2D eigenvalue weighted by molar-refractivity contribution is 5.17. The Morgan fingerprint density at radius 3 is 2.93 bits per heavy atom. The van der Waals surface area contributed by atoms with E-state index < -0.39 is 0 Å². The van der Waals surface area contributed by atoms with Crippen LogP contribution in [0.1, 0.15) is 42.5 Å². The molecule has 0 saturated heterocycles. The molecule has 3 rings (SSSR count). The zero-order valence-corrected chi connectivity index (χ0v) is 8.33. The van der Waals surface area contributed by atoms with Gasteiger partial charge in [0.05, 0.1) is 5.69 Å². The van der Waals surface area contributed by atoms with E-state index in [1.54, 1.807) is 0 Å².